The average molecular weight is 109 g/mol. The molecule has 0 heterocycles. The maximum atomic E-state index is 9.80. The van der Waals surface area contributed by atoms with Gasteiger partial charge in [0.2, 0.25) is 0 Å². The van der Waals surface area contributed by atoms with E-state index in [9.17, 15) is 5.11 Å². The van der Waals surface area contributed by atoms with Gasteiger partial charge in [-0.1, -0.05) is 26.2 Å². The molecule has 8 heavy (non-hydrogen) atoms. The Morgan fingerprint density at radius 3 is 2.12 bits per heavy atom. The molecule has 2 heteroatoms. The molecule has 0 amide bonds. The van der Waals surface area contributed by atoms with Crippen LogP contribution in [0.3, 0.4) is 0 Å². The van der Waals surface area contributed by atoms with Crippen molar-refractivity contribution < 1.29 is 5.11 Å². The molecule has 1 nitrogen and oxygen atoms in total. The molecular weight excluding hydrogens is 95.0 g/mol. The number of rotatable bonds is 4. The van der Waals surface area contributed by atoms with Gasteiger partial charge >= 0.3 is 18.9 Å². The molecule has 0 aromatic rings. The quantitative estimate of drug-likeness (QED) is 0.383. The Labute approximate surface area is 63.7 Å². The van der Waals surface area contributed by atoms with Crippen LogP contribution in [0.5, 0.6) is 0 Å². The molecule has 1 radical (unpaired) electrons. The van der Waals surface area contributed by atoms with Gasteiger partial charge in [-0.15, -0.1) is 0 Å². The fourth-order valence-corrected chi connectivity index (χ4v) is 0.529. The van der Waals surface area contributed by atoms with Gasteiger partial charge in [-0.3, -0.25) is 0 Å². The van der Waals surface area contributed by atoms with Gasteiger partial charge < -0.3 is 0 Å². The maximum absolute atomic E-state index is 9.80. The monoisotopic (exact) mass is 109 g/mol. The summed E-state index contributed by atoms with van der Waals surface area (Å²) in [5.41, 5.74) is 0. The van der Waals surface area contributed by atoms with Crippen molar-refractivity contribution in [1.82, 2.24) is 0 Å². The predicted octanol–water partition coefficient (Wildman–Crippen LogP) is 1.35. The summed E-state index contributed by atoms with van der Waals surface area (Å²) < 4.78 is 0. The van der Waals surface area contributed by atoms with Gasteiger partial charge in [-0.05, 0) is 6.42 Å². The zero-order chi connectivity index (χ0) is 5.54. The van der Waals surface area contributed by atoms with Crippen molar-refractivity contribution in [2.75, 3.05) is 6.61 Å². The molecular formula is C6H14LiO. The van der Waals surface area contributed by atoms with Gasteiger partial charge in [0.25, 0.3) is 0 Å². The fraction of sp³-hybridized carbons (Fsp3) is 1.00. The van der Waals surface area contributed by atoms with E-state index in [0.717, 1.165) is 12.8 Å². The predicted molar refractivity (Wildman–Crippen MR) is 36.8 cm³/mol. The molecule has 0 saturated carbocycles. The van der Waals surface area contributed by atoms with E-state index < -0.39 is 0 Å². The van der Waals surface area contributed by atoms with Crippen LogP contribution in [0.15, 0.2) is 0 Å². The van der Waals surface area contributed by atoms with Crippen molar-refractivity contribution in [1.29, 1.82) is 0 Å². The summed E-state index contributed by atoms with van der Waals surface area (Å²) in [6.07, 6.45) is 4.44. The minimum absolute atomic E-state index is 0. The van der Waals surface area contributed by atoms with Crippen LogP contribution in [0.1, 0.15) is 32.6 Å². The Bertz CT molecular complexity index is 27.7. The first-order valence-corrected chi connectivity index (χ1v) is 3.00. The molecule has 0 unspecified atom stereocenters. The van der Waals surface area contributed by atoms with Crippen molar-refractivity contribution in [2.24, 2.45) is 0 Å². The Balaban J connectivity index is 0. The zero-order valence-electron chi connectivity index (χ0n) is 4.94. The van der Waals surface area contributed by atoms with E-state index in [1.807, 2.05) is 0 Å². The van der Waals surface area contributed by atoms with Gasteiger partial charge in [-0.25, -0.2) is 5.11 Å². The van der Waals surface area contributed by atoms with Crippen LogP contribution in [0.4, 0.5) is 0 Å². The van der Waals surface area contributed by atoms with Crippen molar-refractivity contribution in [3.05, 3.63) is 0 Å². The van der Waals surface area contributed by atoms with Gasteiger partial charge in [0, 0.05) is 0 Å². The first kappa shape index (κ1) is 11.4. The van der Waals surface area contributed by atoms with E-state index in [-0.39, 0.29) is 25.5 Å². The Kier molecular flexibility index (Phi) is 14.9. The van der Waals surface area contributed by atoms with Gasteiger partial charge in [0.15, 0.2) is 0 Å². The van der Waals surface area contributed by atoms with Crippen LogP contribution in [0.2, 0.25) is 0 Å². The fourth-order valence-electron chi connectivity index (χ4n) is 0.529. The summed E-state index contributed by atoms with van der Waals surface area (Å²) >= 11 is 0. The summed E-state index contributed by atoms with van der Waals surface area (Å²) in [6.45, 7) is 2.25. The topological polar surface area (TPSA) is 19.9 Å². The third kappa shape index (κ3) is 9.75. The summed E-state index contributed by atoms with van der Waals surface area (Å²) in [5.74, 6) is 0. The van der Waals surface area contributed by atoms with E-state index in [2.05, 4.69) is 6.92 Å². The molecule has 0 N–H and O–H groups in total. The molecule has 0 aromatic heterocycles. The van der Waals surface area contributed by atoms with Crippen molar-refractivity contribution >= 4 is 18.9 Å². The van der Waals surface area contributed by atoms with Crippen LogP contribution in [-0.2, 0) is 5.11 Å². The van der Waals surface area contributed by atoms with Gasteiger partial charge in [0.1, 0.15) is 0 Å². The van der Waals surface area contributed by atoms with Gasteiger partial charge in [0.05, 0.1) is 6.61 Å². The van der Waals surface area contributed by atoms with Crippen molar-refractivity contribution in [3.8, 4) is 0 Å². The van der Waals surface area contributed by atoms with Crippen LogP contribution >= 0.6 is 0 Å². The van der Waals surface area contributed by atoms with Crippen molar-refractivity contribution in [3.63, 3.8) is 0 Å². The third-order valence-corrected chi connectivity index (χ3v) is 0.998. The first-order valence-electron chi connectivity index (χ1n) is 3.00. The summed E-state index contributed by atoms with van der Waals surface area (Å²) in [7, 11) is 0. The van der Waals surface area contributed by atoms with Crippen LogP contribution in [0.25, 0.3) is 0 Å². The molecule has 0 rings (SSSR count). The second-order valence-corrected chi connectivity index (χ2v) is 1.76. The number of hydrogen-bond acceptors (Lipinski definition) is 0. The van der Waals surface area contributed by atoms with E-state index in [4.69, 9.17) is 0 Å². The van der Waals surface area contributed by atoms with E-state index in [1.54, 1.807) is 0 Å². The summed E-state index contributed by atoms with van der Waals surface area (Å²) in [4.78, 5) is 0. The Morgan fingerprint density at radius 2 is 1.75 bits per heavy atom. The molecule has 0 aliphatic heterocycles. The minimum atomic E-state index is 0. The molecule has 45 valence electrons. The molecule has 0 aliphatic carbocycles. The molecule has 0 fully saturated rings. The van der Waals surface area contributed by atoms with Crippen molar-refractivity contribution in [2.45, 2.75) is 32.6 Å². The van der Waals surface area contributed by atoms with E-state index >= 15 is 0 Å². The summed E-state index contributed by atoms with van der Waals surface area (Å²) in [5, 5.41) is 9.80. The van der Waals surface area contributed by atoms with E-state index in [0.29, 0.717) is 0 Å². The zero-order valence-corrected chi connectivity index (χ0v) is 4.94. The Hall–Kier alpha value is 0.557. The Morgan fingerprint density at radius 1 is 1.12 bits per heavy atom. The van der Waals surface area contributed by atoms with Crippen LogP contribution in [-0.4, -0.2) is 25.5 Å². The van der Waals surface area contributed by atoms with Crippen LogP contribution < -0.4 is 0 Å². The number of unbranched alkanes of at least 4 members (excludes halogenated alkanes) is 3. The molecule has 0 atom stereocenters. The van der Waals surface area contributed by atoms with Crippen LogP contribution in [0, 0.1) is 0 Å². The normalized spacial score (nSPS) is 8.25. The molecule has 0 bridgehead atoms. The second kappa shape index (κ2) is 10.5. The molecule has 0 aromatic carbocycles. The average Bonchev–Trinajstić information content (AvgIpc) is 1.69. The SMILES string of the molecule is CCCCCC[O].[LiH]. The van der Waals surface area contributed by atoms with E-state index in [1.165, 1.54) is 12.8 Å². The third-order valence-electron chi connectivity index (χ3n) is 0.998. The van der Waals surface area contributed by atoms with Gasteiger partial charge in [-0.2, -0.15) is 0 Å². The number of hydrogen-bond donors (Lipinski definition) is 0. The summed E-state index contributed by atoms with van der Waals surface area (Å²) in [6, 6.07) is 0. The second-order valence-electron chi connectivity index (χ2n) is 1.76. The first-order chi connectivity index (χ1) is 3.41. The standard InChI is InChI=1S/C6H13O.Li.H/c1-2-3-4-5-6-7;;/h2-6H2,1H3;;. The molecule has 0 aliphatic rings. The molecule has 0 spiro atoms. The molecule has 0 saturated heterocycles.